The number of ether oxygens (including phenoxy) is 1. The number of unbranched alkanes of at least 4 members (excludes halogenated alkanes) is 4. The topological polar surface area (TPSA) is 21.6 Å². The van der Waals surface area contributed by atoms with Crippen molar-refractivity contribution in [3.05, 3.63) is 30.3 Å². The molecular weight excluding hydrogens is 222 g/mol. The smallest absolute Gasteiger partial charge is 0.176 e. The van der Waals surface area contributed by atoms with Crippen LogP contribution in [0.15, 0.2) is 35.3 Å². The third kappa shape index (κ3) is 7.10. The maximum atomic E-state index is 5.43. The van der Waals surface area contributed by atoms with E-state index in [0.29, 0.717) is 6.04 Å². The molecule has 2 heteroatoms. The van der Waals surface area contributed by atoms with Gasteiger partial charge in [-0.2, -0.15) is 0 Å². The lowest BCUT2D eigenvalue weighted by Crippen LogP contribution is -2.00. The van der Waals surface area contributed by atoms with Gasteiger partial charge >= 0.3 is 0 Å². The van der Waals surface area contributed by atoms with Crippen LogP contribution in [0.4, 0.5) is 0 Å². The molecule has 1 aromatic rings. The van der Waals surface area contributed by atoms with Gasteiger partial charge in [0.25, 0.3) is 0 Å². The Hall–Kier alpha value is -1.31. The van der Waals surface area contributed by atoms with Crippen LogP contribution in [0.3, 0.4) is 0 Å². The number of hydrogen-bond donors (Lipinski definition) is 0. The lowest BCUT2D eigenvalue weighted by atomic mass is 10.1. The van der Waals surface area contributed by atoms with Gasteiger partial charge in [-0.1, -0.05) is 57.2 Å². The van der Waals surface area contributed by atoms with E-state index < -0.39 is 0 Å². The van der Waals surface area contributed by atoms with Gasteiger partial charge in [-0.15, -0.1) is 0 Å². The summed E-state index contributed by atoms with van der Waals surface area (Å²) in [5.74, 6) is 0.844. The number of hydrogen-bond acceptors (Lipinski definition) is 2. The zero-order valence-electron chi connectivity index (χ0n) is 11.6. The fourth-order valence-electron chi connectivity index (χ4n) is 1.81. The molecule has 2 nitrogen and oxygen atoms in total. The summed E-state index contributed by atoms with van der Waals surface area (Å²) < 4.78 is 5.43. The van der Waals surface area contributed by atoms with E-state index in [9.17, 15) is 0 Å². The zero-order valence-corrected chi connectivity index (χ0v) is 11.6. The number of para-hydroxylation sites is 1. The second kappa shape index (κ2) is 9.69. The highest BCUT2D eigenvalue weighted by molar-refractivity contribution is 5.51. The quantitative estimate of drug-likeness (QED) is 0.347. The first-order chi connectivity index (χ1) is 8.83. The first-order valence-electron chi connectivity index (χ1n) is 7.06. The molecule has 0 aromatic heterocycles. The van der Waals surface area contributed by atoms with Gasteiger partial charge < -0.3 is 4.74 Å². The van der Waals surface area contributed by atoms with Crippen molar-refractivity contribution >= 4 is 6.40 Å². The second-order valence-corrected chi connectivity index (χ2v) is 4.74. The van der Waals surface area contributed by atoms with Crippen LogP contribution in [0.2, 0.25) is 0 Å². The maximum Gasteiger partial charge on any atom is 0.176 e. The Bertz CT molecular complexity index is 321. The molecule has 0 aliphatic carbocycles. The summed E-state index contributed by atoms with van der Waals surface area (Å²) in [4.78, 5) is 4.39. The monoisotopic (exact) mass is 247 g/mol. The summed E-state index contributed by atoms with van der Waals surface area (Å²) in [6, 6.07) is 10.1. The largest absolute Gasteiger partial charge is 0.446 e. The molecule has 1 rings (SSSR count). The Labute approximate surface area is 111 Å². The molecular formula is C16H25NO. The van der Waals surface area contributed by atoms with Gasteiger partial charge in [0.15, 0.2) is 6.40 Å². The van der Waals surface area contributed by atoms with Gasteiger partial charge in [0.2, 0.25) is 0 Å². The lowest BCUT2D eigenvalue weighted by molar-refractivity contribution is 0.537. The molecule has 0 saturated heterocycles. The Morgan fingerprint density at radius 1 is 1.11 bits per heavy atom. The van der Waals surface area contributed by atoms with Gasteiger partial charge in [-0.3, -0.25) is 4.99 Å². The van der Waals surface area contributed by atoms with Gasteiger partial charge in [-0.05, 0) is 25.5 Å². The maximum absolute atomic E-state index is 5.43. The van der Waals surface area contributed by atoms with Crippen LogP contribution in [0.1, 0.15) is 52.4 Å². The highest BCUT2D eigenvalue weighted by Crippen LogP contribution is 2.10. The average molecular weight is 247 g/mol. The summed E-state index contributed by atoms with van der Waals surface area (Å²) in [6.45, 7) is 4.39. The van der Waals surface area contributed by atoms with E-state index in [4.69, 9.17) is 4.74 Å². The van der Waals surface area contributed by atoms with Crippen molar-refractivity contribution in [1.29, 1.82) is 0 Å². The van der Waals surface area contributed by atoms with Crippen LogP contribution >= 0.6 is 0 Å². The number of nitrogens with zero attached hydrogens (tertiary/aromatic N) is 1. The molecule has 0 bridgehead atoms. The van der Waals surface area contributed by atoms with E-state index in [1.165, 1.54) is 32.1 Å². The van der Waals surface area contributed by atoms with Crippen molar-refractivity contribution in [2.24, 2.45) is 4.99 Å². The van der Waals surface area contributed by atoms with E-state index >= 15 is 0 Å². The highest BCUT2D eigenvalue weighted by atomic mass is 16.5. The standard InChI is InChI=1S/C16H25NO/c1-3-4-5-6-8-11-15(2)17-14-18-16-12-9-7-10-13-16/h7,9-10,12-15H,3-6,8,11H2,1-2H3/b17-14+. The SMILES string of the molecule is CCCCCCCC(C)/N=C/Oc1ccccc1. The lowest BCUT2D eigenvalue weighted by Gasteiger charge is -2.05. The van der Waals surface area contributed by atoms with Crippen LogP contribution in [-0.4, -0.2) is 12.4 Å². The molecule has 1 unspecified atom stereocenters. The van der Waals surface area contributed by atoms with E-state index in [2.05, 4.69) is 18.8 Å². The Morgan fingerprint density at radius 3 is 2.56 bits per heavy atom. The molecule has 0 aliphatic heterocycles. The number of aliphatic imine (C=N–C) groups is 1. The molecule has 0 spiro atoms. The van der Waals surface area contributed by atoms with Crippen molar-refractivity contribution in [2.75, 3.05) is 0 Å². The molecule has 0 saturated carbocycles. The number of rotatable bonds is 9. The second-order valence-electron chi connectivity index (χ2n) is 4.74. The molecule has 0 heterocycles. The van der Waals surface area contributed by atoms with E-state index in [1.54, 1.807) is 6.40 Å². The first kappa shape index (κ1) is 14.7. The Balaban J connectivity index is 2.10. The van der Waals surface area contributed by atoms with Crippen LogP contribution in [0.25, 0.3) is 0 Å². The zero-order chi connectivity index (χ0) is 13.1. The van der Waals surface area contributed by atoms with Crippen molar-refractivity contribution in [2.45, 2.75) is 58.4 Å². The fourth-order valence-corrected chi connectivity index (χ4v) is 1.81. The van der Waals surface area contributed by atoms with Crippen molar-refractivity contribution in [3.8, 4) is 5.75 Å². The third-order valence-electron chi connectivity index (χ3n) is 2.97. The number of benzene rings is 1. The van der Waals surface area contributed by atoms with Gasteiger partial charge in [0.05, 0.1) is 6.04 Å². The normalized spacial score (nSPS) is 12.8. The predicted molar refractivity (Wildman–Crippen MR) is 78.4 cm³/mol. The fraction of sp³-hybridized carbons (Fsp3) is 0.562. The van der Waals surface area contributed by atoms with Crippen LogP contribution in [0.5, 0.6) is 5.75 Å². The van der Waals surface area contributed by atoms with E-state index in [-0.39, 0.29) is 0 Å². The van der Waals surface area contributed by atoms with E-state index in [1.807, 2.05) is 30.3 Å². The highest BCUT2D eigenvalue weighted by Gasteiger charge is 1.98. The molecule has 18 heavy (non-hydrogen) atoms. The van der Waals surface area contributed by atoms with Crippen molar-refractivity contribution in [1.82, 2.24) is 0 Å². The first-order valence-corrected chi connectivity index (χ1v) is 7.06. The predicted octanol–water partition coefficient (Wildman–Crippen LogP) is 4.84. The van der Waals surface area contributed by atoms with Gasteiger partial charge in [-0.25, -0.2) is 0 Å². The summed E-state index contributed by atoms with van der Waals surface area (Å²) in [7, 11) is 0. The minimum Gasteiger partial charge on any atom is -0.446 e. The molecule has 0 amide bonds. The summed E-state index contributed by atoms with van der Waals surface area (Å²) in [5.41, 5.74) is 0. The average Bonchev–Trinajstić information content (AvgIpc) is 2.40. The summed E-state index contributed by atoms with van der Waals surface area (Å²) in [6.07, 6.45) is 9.34. The van der Waals surface area contributed by atoms with E-state index in [0.717, 1.165) is 12.2 Å². The molecule has 0 N–H and O–H groups in total. The minimum atomic E-state index is 0.357. The Kier molecular flexibility index (Phi) is 7.94. The molecule has 0 radical (unpaired) electrons. The molecule has 0 fully saturated rings. The minimum absolute atomic E-state index is 0.357. The van der Waals surface area contributed by atoms with Crippen LogP contribution < -0.4 is 4.74 Å². The Morgan fingerprint density at radius 2 is 1.83 bits per heavy atom. The van der Waals surface area contributed by atoms with Crippen molar-refractivity contribution in [3.63, 3.8) is 0 Å². The van der Waals surface area contributed by atoms with Crippen LogP contribution in [-0.2, 0) is 0 Å². The summed E-state index contributed by atoms with van der Waals surface area (Å²) in [5, 5.41) is 0. The van der Waals surface area contributed by atoms with Crippen molar-refractivity contribution < 1.29 is 4.74 Å². The van der Waals surface area contributed by atoms with Gasteiger partial charge in [0.1, 0.15) is 5.75 Å². The summed E-state index contributed by atoms with van der Waals surface area (Å²) >= 11 is 0. The third-order valence-corrected chi connectivity index (χ3v) is 2.97. The van der Waals surface area contributed by atoms with Gasteiger partial charge in [0, 0.05) is 0 Å². The molecule has 0 aliphatic rings. The molecule has 1 aromatic carbocycles. The van der Waals surface area contributed by atoms with Crippen LogP contribution in [0, 0.1) is 0 Å². The molecule has 100 valence electrons. The molecule has 1 atom stereocenters.